The van der Waals surface area contributed by atoms with Crippen molar-refractivity contribution in [3.8, 4) is 0 Å². The minimum atomic E-state index is -0.377. The van der Waals surface area contributed by atoms with E-state index in [1.165, 1.54) is 11.6 Å². The Balaban J connectivity index is 2.05. The summed E-state index contributed by atoms with van der Waals surface area (Å²) in [6.45, 7) is 2.54. The second-order valence-corrected chi connectivity index (χ2v) is 5.72. The number of hydrogen-bond acceptors (Lipinski definition) is 3. The molecule has 0 aliphatic carbocycles. The van der Waals surface area contributed by atoms with Gasteiger partial charge in [-0.25, -0.2) is 9.78 Å². The van der Waals surface area contributed by atoms with Crippen LogP contribution < -0.4 is 11.2 Å². The Morgan fingerprint density at radius 1 is 1.00 bits per heavy atom. The zero-order chi connectivity index (χ0) is 18.0. The number of imidazole rings is 1. The van der Waals surface area contributed by atoms with E-state index in [-0.39, 0.29) is 11.2 Å². The van der Waals surface area contributed by atoms with Crippen LogP contribution in [-0.4, -0.2) is 18.7 Å². The fraction of sp³-hybridized carbons (Fsp3) is 0.211. The Bertz CT molecular complexity index is 1080. The van der Waals surface area contributed by atoms with E-state index in [2.05, 4.69) is 4.98 Å². The molecule has 0 saturated carbocycles. The summed E-state index contributed by atoms with van der Waals surface area (Å²) in [5.41, 5.74) is 1.25. The van der Waals surface area contributed by atoms with E-state index in [0.29, 0.717) is 23.5 Å². The molecule has 0 unspecified atom stereocenters. The molecular formula is C19H20N4O2. The Morgan fingerprint density at radius 3 is 2.36 bits per heavy atom. The average Bonchev–Trinajstić information content (AvgIpc) is 3.01. The molecule has 2 heterocycles. The van der Waals surface area contributed by atoms with Crippen molar-refractivity contribution < 1.29 is 0 Å². The van der Waals surface area contributed by atoms with Gasteiger partial charge in [0, 0.05) is 20.6 Å². The third-order valence-corrected chi connectivity index (χ3v) is 4.14. The smallest absolute Gasteiger partial charge is 0.319 e. The van der Waals surface area contributed by atoms with Gasteiger partial charge in [0.2, 0.25) is 0 Å². The maximum Gasteiger partial charge on any atom is 0.332 e. The van der Waals surface area contributed by atoms with Crippen LogP contribution in [0.2, 0.25) is 0 Å². The van der Waals surface area contributed by atoms with Crippen molar-refractivity contribution in [3.05, 3.63) is 74.7 Å². The lowest BCUT2D eigenvalue weighted by atomic mass is 10.2. The zero-order valence-corrected chi connectivity index (χ0v) is 14.5. The highest BCUT2D eigenvalue weighted by molar-refractivity contribution is 5.73. The summed E-state index contributed by atoms with van der Waals surface area (Å²) in [6.07, 6.45) is 7.63. The van der Waals surface area contributed by atoms with Gasteiger partial charge in [-0.2, -0.15) is 0 Å². The van der Waals surface area contributed by atoms with E-state index >= 15 is 0 Å². The summed E-state index contributed by atoms with van der Waals surface area (Å²) in [7, 11) is 3.11. The van der Waals surface area contributed by atoms with E-state index in [1.807, 2.05) is 66.1 Å². The van der Waals surface area contributed by atoms with E-state index < -0.39 is 0 Å². The molecule has 25 heavy (non-hydrogen) atoms. The summed E-state index contributed by atoms with van der Waals surface area (Å²) in [5.74, 6) is 0.647. The lowest BCUT2D eigenvalue weighted by molar-refractivity contribution is 0.699. The number of aryl methyl sites for hydroxylation is 2. The summed E-state index contributed by atoms with van der Waals surface area (Å²) in [6, 6.07) is 9.98. The molecule has 0 spiro atoms. The first-order chi connectivity index (χ1) is 12.0. The first-order valence-electron chi connectivity index (χ1n) is 8.10. The van der Waals surface area contributed by atoms with Gasteiger partial charge in [-0.3, -0.25) is 13.9 Å². The standard InChI is InChI=1S/C19H20N4O2/c1-4-23-15(13-9-8-12-14-10-6-5-7-11-14)20-17-16(23)18(24)22(3)19(25)21(17)2/h5-13H,4H2,1-3H3/b12-8+,13-9+. The van der Waals surface area contributed by atoms with Crippen LogP contribution in [0.4, 0.5) is 0 Å². The molecule has 3 aromatic rings. The van der Waals surface area contributed by atoms with E-state index in [1.54, 1.807) is 7.05 Å². The average molecular weight is 336 g/mol. The predicted octanol–water partition coefficient (Wildman–Crippen LogP) is 2.18. The molecule has 6 nitrogen and oxygen atoms in total. The number of rotatable bonds is 4. The van der Waals surface area contributed by atoms with Gasteiger partial charge in [-0.15, -0.1) is 0 Å². The summed E-state index contributed by atoms with van der Waals surface area (Å²) in [4.78, 5) is 29.0. The largest absolute Gasteiger partial charge is 0.332 e. The van der Waals surface area contributed by atoms with Gasteiger partial charge < -0.3 is 4.57 Å². The molecule has 128 valence electrons. The van der Waals surface area contributed by atoms with Crippen molar-refractivity contribution in [2.75, 3.05) is 0 Å². The molecule has 0 aliphatic heterocycles. The molecule has 0 N–H and O–H groups in total. The van der Waals surface area contributed by atoms with Crippen LogP contribution in [0.1, 0.15) is 18.3 Å². The van der Waals surface area contributed by atoms with Gasteiger partial charge in [0.15, 0.2) is 11.2 Å². The monoisotopic (exact) mass is 336 g/mol. The van der Waals surface area contributed by atoms with Crippen LogP contribution in [-0.2, 0) is 20.6 Å². The zero-order valence-electron chi connectivity index (χ0n) is 14.5. The Labute approximate surface area is 145 Å². The van der Waals surface area contributed by atoms with Gasteiger partial charge in [-0.1, -0.05) is 48.6 Å². The summed E-state index contributed by atoms with van der Waals surface area (Å²) < 4.78 is 4.34. The first kappa shape index (κ1) is 16.7. The molecule has 0 fully saturated rings. The van der Waals surface area contributed by atoms with Crippen LogP contribution in [0.25, 0.3) is 23.3 Å². The SMILES string of the molecule is CCn1c(/C=C/C=C/c2ccccc2)nc2c1c(=O)n(C)c(=O)n2C. The van der Waals surface area contributed by atoms with Gasteiger partial charge in [0.25, 0.3) is 5.56 Å². The summed E-state index contributed by atoms with van der Waals surface area (Å²) in [5, 5.41) is 0. The van der Waals surface area contributed by atoms with E-state index in [0.717, 1.165) is 10.1 Å². The molecule has 3 rings (SSSR count). The van der Waals surface area contributed by atoms with Crippen LogP contribution in [0.5, 0.6) is 0 Å². The molecule has 0 radical (unpaired) electrons. The third-order valence-electron chi connectivity index (χ3n) is 4.14. The topological polar surface area (TPSA) is 61.8 Å². The molecule has 0 aliphatic rings. The molecule has 6 heteroatoms. The fourth-order valence-electron chi connectivity index (χ4n) is 2.78. The van der Waals surface area contributed by atoms with Gasteiger partial charge in [0.05, 0.1) is 0 Å². The Hall–Kier alpha value is -3.15. The molecule has 2 aromatic heterocycles. The van der Waals surface area contributed by atoms with E-state index in [9.17, 15) is 9.59 Å². The highest BCUT2D eigenvalue weighted by Gasteiger charge is 2.16. The van der Waals surface area contributed by atoms with Gasteiger partial charge in [-0.05, 0) is 18.6 Å². The molecule has 0 atom stereocenters. The van der Waals surface area contributed by atoms with Crippen molar-refractivity contribution in [3.63, 3.8) is 0 Å². The molecule has 0 saturated heterocycles. The lowest BCUT2D eigenvalue weighted by Gasteiger charge is -2.05. The highest BCUT2D eigenvalue weighted by atomic mass is 16.2. The second-order valence-electron chi connectivity index (χ2n) is 5.72. The molecule has 1 aromatic carbocycles. The van der Waals surface area contributed by atoms with Crippen molar-refractivity contribution in [2.45, 2.75) is 13.5 Å². The minimum Gasteiger partial charge on any atom is -0.319 e. The quantitative estimate of drug-likeness (QED) is 0.686. The molecular weight excluding hydrogens is 316 g/mol. The Morgan fingerprint density at radius 2 is 1.68 bits per heavy atom. The normalized spacial score (nSPS) is 12.0. The van der Waals surface area contributed by atoms with Gasteiger partial charge in [0.1, 0.15) is 5.82 Å². The van der Waals surface area contributed by atoms with Crippen LogP contribution in [0.3, 0.4) is 0 Å². The van der Waals surface area contributed by atoms with Crippen LogP contribution in [0, 0.1) is 0 Å². The number of fused-ring (bicyclic) bond motifs is 1. The highest BCUT2D eigenvalue weighted by Crippen LogP contribution is 2.12. The van der Waals surface area contributed by atoms with Crippen LogP contribution in [0.15, 0.2) is 52.1 Å². The van der Waals surface area contributed by atoms with Crippen LogP contribution >= 0.6 is 0 Å². The third kappa shape index (κ3) is 2.98. The Kier molecular flexibility index (Phi) is 4.52. The van der Waals surface area contributed by atoms with Crippen molar-refractivity contribution in [1.82, 2.24) is 18.7 Å². The fourth-order valence-corrected chi connectivity index (χ4v) is 2.78. The van der Waals surface area contributed by atoms with Gasteiger partial charge >= 0.3 is 5.69 Å². The number of aromatic nitrogens is 4. The lowest BCUT2D eigenvalue weighted by Crippen LogP contribution is -2.37. The number of nitrogens with zero attached hydrogens (tertiary/aromatic N) is 4. The first-order valence-corrected chi connectivity index (χ1v) is 8.10. The molecule has 0 amide bonds. The minimum absolute atomic E-state index is 0.327. The predicted molar refractivity (Wildman–Crippen MR) is 100 cm³/mol. The maximum atomic E-state index is 12.5. The molecule has 0 bridgehead atoms. The second kappa shape index (κ2) is 6.76. The van der Waals surface area contributed by atoms with Crippen molar-refractivity contribution >= 4 is 23.3 Å². The van der Waals surface area contributed by atoms with E-state index in [4.69, 9.17) is 0 Å². The number of benzene rings is 1. The summed E-state index contributed by atoms with van der Waals surface area (Å²) >= 11 is 0. The van der Waals surface area contributed by atoms with Crippen molar-refractivity contribution in [1.29, 1.82) is 0 Å². The number of allylic oxidation sites excluding steroid dienone is 2. The number of hydrogen-bond donors (Lipinski definition) is 0. The maximum absolute atomic E-state index is 12.5. The van der Waals surface area contributed by atoms with Crippen molar-refractivity contribution in [2.24, 2.45) is 14.1 Å².